The third-order valence-corrected chi connectivity index (χ3v) is 3.74. The molecule has 0 saturated carbocycles. The van der Waals surface area contributed by atoms with Crippen LogP contribution in [0.1, 0.15) is 31.7 Å². The number of carbonyl (C=O) groups excluding carboxylic acids is 2. The molecule has 20 heavy (non-hydrogen) atoms. The van der Waals surface area contributed by atoms with Crippen molar-refractivity contribution in [3.8, 4) is 5.75 Å². The van der Waals surface area contributed by atoms with Crippen molar-refractivity contribution < 1.29 is 19.4 Å². The quantitative estimate of drug-likeness (QED) is 0.762. The van der Waals surface area contributed by atoms with Gasteiger partial charge in [0.2, 0.25) is 5.91 Å². The summed E-state index contributed by atoms with van der Waals surface area (Å²) in [5.74, 6) is -0.692. The molecule has 1 atom stereocenters. The molecule has 1 aromatic rings. The Balaban J connectivity index is 2.11. The second kappa shape index (κ2) is 4.10. The molecule has 5 nitrogen and oxygen atoms in total. The SMILES string of the molecule is CC1(C)OC(=O)C2=C1NC(=O)CC2c1ccc(O)cc1. The van der Waals surface area contributed by atoms with E-state index in [1.807, 2.05) is 0 Å². The summed E-state index contributed by atoms with van der Waals surface area (Å²) in [5, 5.41) is 12.1. The van der Waals surface area contributed by atoms with Crippen molar-refractivity contribution in [3.05, 3.63) is 41.1 Å². The Labute approximate surface area is 116 Å². The van der Waals surface area contributed by atoms with Gasteiger partial charge < -0.3 is 15.2 Å². The molecule has 2 aliphatic heterocycles. The van der Waals surface area contributed by atoms with Gasteiger partial charge in [-0.1, -0.05) is 12.1 Å². The Morgan fingerprint density at radius 1 is 1.25 bits per heavy atom. The molecule has 1 unspecified atom stereocenters. The Kier molecular flexibility index (Phi) is 2.61. The number of phenols is 1. The second-order valence-corrected chi connectivity index (χ2v) is 5.58. The van der Waals surface area contributed by atoms with Gasteiger partial charge in [0.25, 0.3) is 0 Å². The van der Waals surface area contributed by atoms with Crippen LogP contribution in [0.5, 0.6) is 5.75 Å². The molecule has 0 saturated heterocycles. The number of phenolic OH excluding ortho intramolecular Hbond substituents is 1. The highest BCUT2D eigenvalue weighted by molar-refractivity contribution is 5.99. The summed E-state index contributed by atoms with van der Waals surface area (Å²) in [6.45, 7) is 3.51. The summed E-state index contributed by atoms with van der Waals surface area (Å²) >= 11 is 0. The Hall–Kier alpha value is -2.30. The van der Waals surface area contributed by atoms with E-state index in [2.05, 4.69) is 5.32 Å². The van der Waals surface area contributed by atoms with Gasteiger partial charge in [0, 0.05) is 12.3 Å². The van der Waals surface area contributed by atoms with E-state index < -0.39 is 5.60 Å². The van der Waals surface area contributed by atoms with Crippen LogP contribution >= 0.6 is 0 Å². The first-order chi connectivity index (χ1) is 9.38. The lowest BCUT2D eigenvalue weighted by Gasteiger charge is -2.27. The monoisotopic (exact) mass is 273 g/mol. The highest BCUT2D eigenvalue weighted by Crippen LogP contribution is 2.42. The topological polar surface area (TPSA) is 75.6 Å². The number of ether oxygens (including phenoxy) is 1. The molecule has 0 aliphatic carbocycles. The Morgan fingerprint density at radius 3 is 2.55 bits per heavy atom. The Morgan fingerprint density at radius 2 is 1.90 bits per heavy atom. The molecule has 0 spiro atoms. The number of benzene rings is 1. The lowest BCUT2D eigenvalue weighted by molar-refractivity contribution is -0.144. The first kappa shape index (κ1) is 12.7. The molecule has 5 heteroatoms. The van der Waals surface area contributed by atoms with Crippen molar-refractivity contribution in [2.24, 2.45) is 0 Å². The molecule has 0 aromatic heterocycles. The van der Waals surface area contributed by atoms with Crippen molar-refractivity contribution >= 4 is 11.9 Å². The molecule has 2 N–H and O–H groups in total. The number of rotatable bonds is 1. The number of cyclic esters (lactones) is 1. The molecule has 2 aliphatic rings. The molecule has 104 valence electrons. The van der Waals surface area contributed by atoms with Gasteiger partial charge in [-0.2, -0.15) is 0 Å². The predicted octanol–water partition coefficient (Wildman–Crippen LogP) is 1.59. The summed E-state index contributed by atoms with van der Waals surface area (Å²) in [6, 6.07) is 6.55. The average Bonchev–Trinajstić information content (AvgIpc) is 2.60. The van der Waals surface area contributed by atoms with E-state index in [9.17, 15) is 14.7 Å². The van der Waals surface area contributed by atoms with Gasteiger partial charge in [-0.3, -0.25) is 4.79 Å². The first-order valence-corrected chi connectivity index (χ1v) is 6.45. The predicted molar refractivity (Wildman–Crippen MR) is 70.8 cm³/mol. The summed E-state index contributed by atoms with van der Waals surface area (Å²) in [5.41, 5.74) is 1.08. The van der Waals surface area contributed by atoms with Gasteiger partial charge in [-0.15, -0.1) is 0 Å². The molecular weight excluding hydrogens is 258 g/mol. The van der Waals surface area contributed by atoms with Crippen LogP contribution < -0.4 is 5.32 Å². The number of nitrogens with one attached hydrogen (secondary N) is 1. The van der Waals surface area contributed by atoms with Gasteiger partial charge in [0.05, 0.1) is 11.3 Å². The summed E-state index contributed by atoms with van der Waals surface area (Å²) < 4.78 is 5.34. The van der Waals surface area contributed by atoms with Gasteiger partial charge in [0.15, 0.2) is 0 Å². The molecule has 0 fully saturated rings. The van der Waals surface area contributed by atoms with E-state index in [1.165, 1.54) is 0 Å². The van der Waals surface area contributed by atoms with Crippen molar-refractivity contribution in [1.82, 2.24) is 5.32 Å². The largest absolute Gasteiger partial charge is 0.508 e. The minimum atomic E-state index is -0.808. The van der Waals surface area contributed by atoms with E-state index in [-0.39, 0.29) is 30.0 Å². The van der Waals surface area contributed by atoms with Crippen LogP contribution in [0.25, 0.3) is 0 Å². The number of hydrogen-bond donors (Lipinski definition) is 2. The minimum absolute atomic E-state index is 0.131. The van der Waals surface area contributed by atoms with Crippen molar-refractivity contribution in [1.29, 1.82) is 0 Å². The molecule has 1 amide bonds. The standard InChI is InChI=1S/C15H15NO4/c1-15(2)13-12(14(19)20-15)10(7-11(18)16-13)8-3-5-9(17)6-4-8/h3-6,10,17H,7H2,1-2H3,(H,16,18). The molecule has 2 heterocycles. The van der Waals surface area contributed by atoms with Crippen molar-refractivity contribution in [3.63, 3.8) is 0 Å². The van der Waals surface area contributed by atoms with Crippen LogP contribution in [0.15, 0.2) is 35.5 Å². The number of aromatic hydroxyl groups is 1. The first-order valence-electron chi connectivity index (χ1n) is 6.45. The smallest absolute Gasteiger partial charge is 0.337 e. The van der Waals surface area contributed by atoms with E-state index in [1.54, 1.807) is 38.1 Å². The molecule has 0 radical (unpaired) electrons. The highest BCUT2D eigenvalue weighted by atomic mass is 16.6. The number of esters is 1. The number of amides is 1. The lowest BCUT2D eigenvalue weighted by atomic mass is 9.83. The van der Waals surface area contributed by atoms with Gasteiger partial charge in [-0.05, 0) is 31.5 Å². The second-order valence-electron chi connectivity index (χ2n) is 5.58. The maximum Gasteiger partial charge on any atom is 0.337 e. The summed E-state index contributed by atoms with van der Waals surface area (Å²) in [4.78, 5) is 24.0. The summed E-state index contributed by atoms with van der Waals surface area (Å²) in [6.07, 6.45) is 0.203. The van der Waals surface area contributed by atoms with E-state index in [4.69, 9.17) is 4.74 Å². The maximum absolute atomic E-state index is 12.1. The summed E-state index contributed by atoms with van der Waals surface area (Å²) in [7, 11) is 0. The zero-order valence-electron chi connectivity index (χ0n) is 11.3. The maximum atomic E-state index is 12.1. The van der Waals surface area contributed by atoms with Crippen LogP contribution in [0.2, 0.25) is 0 Å². The fraction of sp³-hybridized carbons (Fsp3) is 0.333. The molecule has 3 rings (SSSR count). The van der Waals surface area contributed by atoms with E-state index in [0.29, 0.717) is 11.3 Å². The molecule has 0 bridgehead atoms. The van der Waals surface area contributed by atoms with Crippen LogP contribution in [0.3, 0.4) is 0 Å². The Bertz CT molecular complexity index is 628. The minimum Gasteiger partial charge on any atom is -0.508 e. The normalized spacial score (nSPS) is 24.2. The van der Waals surface area contributed by atoms with E-state index in [0.717, 1.165) is 5.56 Å². The van der Waals surface area contributed by atoms with Crippen LogP contribution in [0, 0.1) is 0 Å². The molecular formula is C15H15NO4. The fourth-order valence-electron chi connectivity index (χ4n) is 2.77. The zero-order valence-corrected chi connectivity index (χ0v) is 11.3. The average molecular weight is 273 g/mol. The third-order valence-electron chi connectivity index (χ3n) is 3.74. The highest BCUT2D eigenvalue weighted by Gasteiger charge is 2.47. The van der Waals surface area contributed by atoms with Crippen LogP contribution in [-0.4, -0.2) is 22.6 Å². The molecule has 1 aromatic carbocycles. The van der Waals surface area contributed by atoms with E-state index >= 15 is 0 Å². The van der Waals surface area contributed by atoms with Crippen molar-refractivity contribution in [2.75, 3.05) is 0 Å². The number of hydrogen-bond acceptors (Lipinski definition) is 4. The van der Waals surface area contributed by atoms with Gasteiger partial charge in [-0.25, -0.2) is 4.79 Å². The van der Waals surface area contributed by atoms with Gasteiger partial charge in [0.1, 0.15) is 11.4 Å². The number of carbonyl (C=O) groups is 2. The van der Waals surface area contributed by atoms with Crippen LogP contribution in [-0.2, 0) is 14.3 Å². The lowest BCUT2D eigenvalue weighted by Crippen LogP contribution is -2.38. The van der Waals surface area contributed by atoms with Gasteiger partial charge >= 0.3 is 5.97 Å². The van der Waals surface area contributed by atoms with Crippen molar-refractivity contribution in [2.45, 2.75) is 31.8 Å². The van der Waals surface area contributed by atoms with Crippen LogP contribution in [0.4, 0.5) is 0 Å². The third kappa shape index (κ3) is 1.86. The zero-order chi connectivity index (χ0) is 14.5. The fourth-order valence-corrected chi connectivity index (χ4v) is 2.77.